The van der Waals surface area contributed by atoms with Gasteiger partial charge in [-0.3, -0.25) is 0 Å². The number of rotatable bonds is 3. The molecular formula is C13H16N2O. The van der Waals surface area contributed by atoms with Crippen molar-refractivity contribution in [2.24, 2.45) is 0 Å². The van der Waals surface area contributed by atoms with Crippen molar-refractivity contribution in [3.05, 3.63) is 41.9 Å². The van der Waals surface area contributed by atoms with E-state index in [1.807, 2.05) is 32.2 Å². The summed E-state index contributed by atoms with van der Waals surface area (Å²) >= 11 is 0. The van der Waals surface area contributed by atoms with Gasteiger partial charge in [-0.05, 0) is 26.5 Å². The summed E-state index contributed by atoms with van der Waals surface area (Å²) in [5, 5.41) is 3.10. The molecule has 1 unspecified atom stereocenters. The van der Waals surface area contributed by atoms with Gasteiger partial charge in [0.1, 0.15) is 0 Å². The van der Waals surface area contributed by atoms with E-state index in [0.717, 1.165) is 17.2 Å². The van der Waals surface area contributed by atoms with Gasteiger partial charge in [0.05, 0.1) is 12.2 Å². The van der Waals surface area contributed by atoms with Gasteiger partial charge in [-0.15, -0.1) is 0 Å². The van der Waals surface area contributed by atoms with Crippen LogP contribution in [0.2, 0.25) is 0 Å². The molecule has 3 nitrogen and oxygen atoms in total. The second kappa shape index (κ2) is 4.49. The van der Waals surface area contributed by atoms with Gasteiger partial charge in [0.15, 0.2) is 5.76 Å². The average molecular weight is 216 g/mol. The van der Waals surface area contributed by atoms with Crippen LogP contribution in [0, 0.1) is 6.92 Å². The zero-order valence-electron chi connectivity index (χ0n) is 9.82. The summed E-state index contributed by atoms with van der Waals surface area (Å²) < 4.78 is 5.73. The first kappa shape index (κ1) is 10.9. The minimum Gasteiger partial charge on any atom is -0.439 e. The molecule has 84 valence electrons. The molecule has 0 aliphatic heterocycles. The molecule has 0 fully saturated rings. The first-order valence-corrected chi connectivity index (χ1v) is 5.41. The molecule has 0 amide bonds. The summed E-state index contributed by atoms with van der Waals surface area (Å²) in [4.78, 5) is 4.28. The Hall–Kier alpha value is -1.61. The molecule has 0 bridgehead atoms. The fourth-order valence-electron chi connectivity index (χ4n) is 1.59. The normalized spacial score (nSPS) is 12.7. The Kier molecular flexibility index (Phi) is 3.06. The van der Waals surface area contributed by atoms with Crippen molar-refractivity contribution in [3.63, 3.8) is 0 Å². The molecule has 0 aliphatic carbocycles. The van der Waals surface area contributed by atoms with Crippen molar-refractivity contribution in [3.8, 4) is 11.3 Å². The van der Waals surface area contributed by atoms with Crippen LogP contribution in [-0.2, 0) is 0 Å². The van der Waals surface area contributed by atoms with E-state index in [0.29, 0.717) is 0 Å². The number of aromatic nitrogens is 1. The quantitative estimate of drug-likeness (QED) is 0.857. The summed E-state index contributed by atoms with van der Waals surface area (Å²) in [5.74, 6) is 1.55. The molecule has 1 aromatic heterocycles. The third-order valence-electron chi connectivity index (χ3n) is 2.74. The number of hydrogen-bond acceptors (Lipinski definition) is 3. The number of nitrogens with zero attached hydrogens (tertiary/aromatic N) is 1. The van der Waals surface area contributed by atoms with E-state index in [-0.39, 0.29) is 6.04 Å². The third-order valence-corrected chi connectivity index (χ3v) is 2.74. The summed E-state index contributed by atoms with van der Waals surface area (Å²) in [7, 11) is 1.89. The third kappa shape index (κ3) is 1.99. The number of aryl methyl sites for hydroxylation is 1. The molecule has 0 spiro atoms. The highest BCUT2D eigenvalue weighted by atomic mass is 16.4. The van der Waals surface area contributed by atoms with E-state index in [4.69, 9.17) is 4.42 Å². The highest BCUT2D eigenvalue weighted by Crippen LogP contribution is 2.25. The van der Waals surface area contributed by atoms with Gasteiger partial charge in [0.2, 0.25) is 5.89 Å². The fraction of sp³-hybridized carbons (Fsp3) is 0.308. The number of nitrogens with one attached hydrogen (secondary N) is 1. The van der Waals surface area contributed by atoms with Gasteiger partial charge in [0, 0.05) is 5.56 Å². The van der Waals surface area contributed by atoms with E-state index in [9.17, 15) is 0 Å². The molecule has 2 aromatic rings. The largest absolute Gasteiger partial charge is 0.439 e. The Balaban J connectivity index is 2.35. The summed E-state index contributed by atoms with van der Waals surface area (Å²) in [6, 6.07) is 8.28. The molecule has 1 heterocycles. The second-order valence-electron chi connectivity index (χ2n) is 3.89. The van der Waals surface area contributed by atoms with Crippen LogP contribution in [0.1, 0.15) is 24.4 Å². The van der Waals surface area contributed by atoms with E-state index in [1.54, 1.807) is 6.20 Å². The second-order valence-corrected chi connectivity index (χ2v) is 3.89. The van der Waals surface area contributed by atoms with E-state index < -0.39 is 0 Å². The Morgan fingerprint density at radius 2 is 2.06 bits per heavy atom. The molecule has 3 heteroatoms. The minimum absolute atomic E-state index is 0.137. The van der Waals surface area contributed by atoms with Gasteiger partial charge in [-0.1, -0.05) is 24.3 Å². The molecule has 1 aromatic carbocycles. The average Bonchev–Trinajstić information content (AvgIpc) is 2.78. The Labute approximate surface area is 95.5 Å². The molecule has 1 N–H and O–H groups in total. The summed E-state index contributed by atoms with van der Waals surface area (Å²) in [6.07, 6.45) is 1.78. The standard InChI is InChI=1S/C13H16N2O/c1-9-6-4-5-7-11(9)12-8-15-13(16-12)10(2)14-3/h4-8,10,14H,1-3H3. The van der Waals surface area contributed by atoms with Crippen LogP contribution >= 0.6 is 0 Å². The Morgan fingerprint density at radius 1 is 1.31 bits per heavy atom. The number of benzene rings is 1. The van der Waals surface area contributed by atoms with Crippen LogP contribution in [0.15, 0.2) is 34.9 Å². The zero-order valence-corrected chi connectivity index (χ0v) is 9.82. The molecule has 16 heavy (non-hydrogen) atoms. The van der Waals surface area contributed by atoms with Crippen LogP contribution in [0.25, 0.3) is 11.3 Å². The predicted molar refractivity (Wildman–Crippen MR) is 64.2 cm³/mol. The van der Waals surface area contributed by atoms with Crippen molar-refractivity contribution >= 4 is 0 Å². The molecule has 1 atom stereocenters. The number of hydrogen-bond donors (Lipinski definition) is 1. The SMILES string of the molecule is CNC(C)c1ncc(-c2ccccc2C)o1. The lowest BCUT2D eigenvalue weighted by molar-refractivity contribution is 0.441. The van der Waals surface area contributed by atoms with Crippen molar-refractivity contribution in [2.45, 2.75) is 19.9 Å². The van der Waals surface area contributed by atoms with Crippen LogP contribution in [-0.4, -0.2) is 12.0 Å². The smallest absolute Gasteiger partial charge is 0.211 e. The first-order valence-electron chi connectivity index (χ1n) is 5.41. The fourth-order valence-corrected chi connectivity index (χ4v) is 1.59. The molecule has 2 rings (SSSR count). The lowest BCUT2D eigenvalue weighted by Crippen LogP contribution is -2.12. The van der Waals surface area contributed by atoms with Gasteiger partial charge in [-0.25, -0.2) is 4.98 Å². The van der Waals surface area contributed by atoms with Crippen LogP contribution in [0.4, 0.5) is 0 Å². The molecule has 0 saturated heterocycles. The Morgan fingerprint density at radius 3 is 2.75 bits per heavy atom. The van der Waals surface area contributed by atoms with Crippen molar-refractivity contribution in [1.82, 2.24) is 10.3 Å². The molecule has 0 radical (unpaired) electrons. The van der Waals surface area contributed by atoms with Crippen molar-refractivity contribution in [2.75, 3.05) is 7.05 Å². The lowest BCUT2D eigenvalue weighted by Gasteiger charge is -2.04. The first-order chi connectivity index (χ1) is 7.72. The lowest BCUT2D eigenvalue weighted by atomic mass is 10.1. The van der Waals surface area contributed by atoms with E-state index in [2.05, 4.69) is 23.3 Å². The maximum atomic E-state index is 5.73. The minimum atomic E-state index is 0.137. The zero-order chi connectivity index (χ0) is 11.5. The van der Waals surface area contributed by atoms with Crippen molar-refractivity contribution in [1.29, 1.82) is 0 Å². The van der Waals surface area contributed by atoms with Crippen LogP contribution < -0.4 is 5.32 Å². The monoisotopic (exact) mass is 216 g/mol. The van der Waals surface area contributed by atoms with Crippen LogP contribution in [0.3, 0.4) is 0 Å². The molecule has 0 saturated carbocycles. The summed E-state index contributed by atoms with van der Waals surface area (Å²) in [5.41, 5.74) is 2.30. The highest BCUT2D eigenvalue weighted by molar-refractivity contribution is 5.60. The molecule has 0 aliphatic rings. The Bertz CT molecular complexity index is 476. The summed E-state index contributed by atoms with van der Waals surface area (Å²) in [6.45, 7) is 4.09. The van der Waals surface area contributed by atoms with Crippen molar-refractivity contribution < 1.29 is 4.42 Å². The van der Waals surface area contributed by atoms with Gasteiger partial charge in [-0.2, -0.15) is 0 Å². The van der Waals surface area contributed by atoms with Gasteiger partial charge in [0.25, 0.3) is 0 Å². The van der Waals surface area contributed by atoms with Crippen LogP contribution in [0.5, 0.6) is 0 Å². The maximum Gasteiger partial charge on any atom is 0.211 e. The number of oxazole rings is 1. The van der Waals surface area contributed by atoms with Gasteiger partial charge < -0.3 is 9.73 Å². The molecular weight excluding hydrogens is 200 g/mol. The van der Waals surface area contributed by atoms with E-state index >= 15 is 0 Å². The predicted octanol–water partition coefficient (Wildman–Crippen LogP) is 2.93. The highest BCUT2D eigenvalue weighted by Gasteiger charge is 2.12. The topological polar surface area (TPSA) is 38.1 Å². The van der Waals surface area contributed by atoms with Gasteiger partial charge >= 0.3 is 0 Å². The van der Waals surface area contributed by atoms with E-state index in [1.165, 1.54) is 5.56 Å². The maximum absolute atomic E-state index is 5.73.